The van der Waals surface area contributed by atoms with Gasteiger partial charge in [0.25, 0.3) is 0 Å². The van der Waals surface area contributed by atoms with Crippen LogP contribution in [-0.4, -0.2) is 50.0 Å². The molecule has 0 aromatic heterocycles. The first-order chi connectivity index (χ1) is 15.0. The zero-order valence-corrected chi connectivity index (χ0v) is 21.6. The number of hydrogen-bond donors (Lipinski definition) is 3. The number of rotatable bonds is 9. The molecular weight excluding hydrogens is 539 g/mol. The van der Waals surface area contributed by atoms with Crippen LogP contribution in [0.5, 0.6) is 0 Å². The SMILES string of the molecule is CCNC(=NCc1ccc(S(=O)(=O)N2CCCC2)cc1)NCCC(O)c1ccccc1.I. The minimum atomic E-state index is -3.39. The van der Waals surface area contributed by atoms with Gasteiger partial charge in [-0.2, -0.15) is 4.31 Å². The topological polar surface area (TPSA) is 94.0 Å². The number of benzene rings is 2. The van der Waals surface area contributed by atoms with E-state index in [4.69, 9.17) is 0 Å². The summed E-state index contributed by atoms with van der Waals surface area (Å²) in [7, 11) is -3.39. The van der Waals surface area contributed by atoms with Crippen LogP contribution < -0.4 is 10.6 Å². The molecule has 3 N–H and O–H groups in total. The Labute approximate surface area is 208 Å². The fourth-order valence-corrected chi connectivity index (χ4v) is 5.04. The van der Waals surface area contributed by atoms with Crippen molar-refractivity contribution in [2.75, 3.05) is 26.2 Å². The number of guanidine groups is 1. The van der Waals surface area contributed by atoms with Crippen molar-refractivity contribution in [3.8, 4) is 0 Å². The zero-order chi connectivity index (χ0) is 22.1. The van der Waals surface area contributed by atoms with Crippen LogP contribution in [0.1, 0.15) is 43.4 Å². The van der Waals surface area contributed by atoms with Crippen molar-refractivity contribution in [1.82, 2.24) is 14.9 Å². The molecule has 3 rings (SSSR count). The fraction of sp³-hybridized carbons (Fsp3) is 0.435. The van der Waals surface area contributed by atoms with Gasteiger partial charge in [-0.05, 0) is 49.4 Å². The minimum absolute atomic E-state index is 0. The van der Waals surface area contributed by atoms with E-state index < -0.39 is 16.1 Å². The number of sulfonamides is 1. The van der Waals surface area contributed by atoms with E-state index in [0.717, 1.165) is 30.5 Å². The molecule has 1 aliphatic rings. The summed E-state index contributed by atoms with van der Waals surface area (Å²) in [6, 6.07) is 16.5. The largest absolute Gasteiger partial charge is 0.388 e. The Balaban J connectivity index is 0.00000363. The highest BCUT2D eigenvalue weighted by molar-refractivity contribution is 14.0. The molecule has 1 fully saturated rings. The molecule has 7 nitrogen and oxygen atoms in total. The van der Waals surface area contributed by atoms with Crippen LogP contribution in [0.4, 0.5) is 0 Å². The average molecular weight is 573 g/mol. The van der Waals surface area contributed by atoms with Gasteiger partial charge < -0.3 is 15.7 Å². The Hall–Kier alpha value is -1.69. The summed E-state index contributed by atoms with van der Waals surface area (Å²) in [6.45, 7) is 4.93. The molecule has 2 aromatic carbocycles. The van der Waals surface area contributed by atoms with E-state index in [9.17, 15) is 13.5 Å². The van der Waals surface area contributed by atoms with Gasteiger partial charge in [0.15, 0.2) is 5.96 Å². The van der Waals surface area contributed by atoms with Crippen molar-refractivity contribution >= 4 is 40.0 Å². The summed E-state index contributed by atoms with van der Waals surface area (Å²) in [6.07, 6.45) is 1.89. The normalized spacial score (nSPS) is 15.8. The maximum atomic E-state index is 12.6. The molecule has 1 unspecified atom stereocenters. The van der Waals surface area contributed by atoms with E-state index in [1.54, 1.807) is 16.4 Å². The lowest BCUT2D eigenvalue weighted by molar-refractivity contribution is 0.168. The summed E-state index contributed by atoms with van der Waals surface area (Å²) < 4.78 is 26.8. The Morgan fingerprint density at radius 1 is 1.06 bits per heavy atom. The van der Waals surface area contributed by atoms with Crippen LogP contribution in [0.25, 0.3) is 0 Å². The number of halogens is 1. The molecule has 9 heteroatoms. The molecule has 0 saturated carbocycles. The Morgan fingerprint density at radius 2 is 1.72 bits per heavy atom. The molecular formula is C23H33IN4O3S. The second-order valence-corrected chi connectivity index (χ2v) is 9.53. The van der Waals surface area contributed by atoms with Crippen molar-refractivity contribution in [2.24, 2.45) is 4.99 Å². The van der Waals surface area contributed by atoms with Gasteiger partial charge in [0.05, 0.1) is 17.5 Å². The van der Waals surface area contributed by atoms with Crippen LogP contribution >= 0.6 is 24.0 Å². The summed E-state index contributed by atoms with van der Waals surface area (Å²) in [4.78, 5) is 4.91. The van der Waals surface area contributed by atoms with E-state index in [1.807, 2.05) is 49.4 Å². The Morgan fingerprint density at radius 3 is 2.34 bits per heavy atom. The highest BCUT2D eigenvalue weighted by Crippen LogP contribution is 2.21. The quantitative estimate of drug-likeness (QED) is 0.244. The summed E-state index contributed by atoms with van der Waals surface area (Å²) in [5, 5.41) is 16.7. The molecule has 32 heavy (non-hydrogen) atoms. The predicted molar refractivity (Wildman–Crippen MR) is 139 cm³/mol. The van der Waals surface area contributed by atoms with Crippen molar-refractivity contribution in [3.63, 3.8) is 0 Å². The minimum Gasteiger partial charge on any atom is -0.388 e. The molecule has 176 valence electrons. The van der Waals surface area contributed by atoms with Gasteiger partial charge in [-0.25, -0.2) is 13.4 Å². The standard InChI is InChI=1S/C23H32N4O3S.HI/c1-2-24-23(25-15-14-22(28)20-8-4-3-5-9-20)26-18-19-10-12-21(13-11-19)31(29,30)27-16-6-7-17-27;/h3-5,8-13,22,28H,2,6-7,14-18H2,1H3,(H2,24,25,26);1H. The van der Waals surface area contributed by atoms with Gasteiger partial charge in [0.2, 0.25) is 10.0 Å². The van der Waals surface area contributed by atoms with Gasteiger partial charge in [-0.15, -0.1) is 24.0 Å². The van der Waals surface area contributed by atoms with Crippen molar-refractivity contribution in [2.45, 2.75) is 43.7 Å². The number of nitrogens with zero attached hydrogens (tertiary/aromatic N) is 2. The number of hydrogen-bond acceptors (Lipinski definition) is 4. The van der Waals surface area contributed by atoms with Gasteiger partial charge in [-0.3, -0.25) is 0 Å². The second kappa shape index (κ2) is 13.1. The van der Waals surface area contributed by atoms with Crippen molar-refractivity contribution in [1.29, 1.82) is 0 Å². The van der Waals surface area contributed by atoms with Crippen LogP contribution in [0, 0.1) is 0 Å². The van der Waals surface area contributed by atoms with E-state index in [-0.39, 0.29) is 24.0 Å². The van der Waals surface area contributed by atoms with Gasteiger partial charge >= 0.3 is 0 Å². The highest BCUT2D eigenvalue weighted by atomic mass is 127. The molecule has 0 amide bonds. The summed E-state index contributed by atoms with van der Waals surface area (Å²) in [5.41, 5.74) is 1.83. The Kier molecular flexibility index (Phi) is 10.9. The molecule has 0 spiro atoms. The first-order valence-corrected chi connectivity index (χ1v) is 12.3. The summed E-state index contributed by atoms with van der Waals surface area (Å²) >= 11 is 0. The van der Waals surface area contributed by atoms with Gasteiger partial charge in [0.1, 0.15) is 0 Å². The van der Waals surface area contributed by atoms with Gasteiger partial charge in [-0.1, -0.05) is 42.5 Å². The van der Waals surface area contributed by atoms with Crippen molar-refractivity contribution in [3.05, 3.63) is 65.7 Å². The molecule has 0 radical (unpaired) electrons. The maximum absolute atomic E-state index is 12.6. The summed E-state index contributed by atoms with van der Waals surface area (Å²) in [5.74, 6) is 0.663. The van der Waals surface area contributed by atoms with E-state index in [2.05, 4.69) is 15.6 Å². The lowest BCUT2D eigenvalue weighted by Gasteiger charge is -2.16. The molecule has 1 atom stereocenters. The van der Waals surface area contributed by atoms with E-state index in [1.165, 1.54) is 0 Å². The first kappa shape index (κ1) is 26.6. The van der Waals surface area contributed by atoms with Crippen LogP contribution in [-0.2, 0) is 16.6 Å². The molecule has 1 heterocycles. The number of nitrogens with one attached hydrogen (secondary N) is 2. The third-order valence-corrected chi connectivity index (χ3v) is 7.20. The first-order valence-electron chi connectivity index (χ1n) is 10.8. The molecule has 0 aliphatic carbocycles. The lowest BCUT2D eigenvalue weighted by atomic mass is 10.1. The van der Waals surface area contributed by atoms with E-state index >= 15 is 0 Å². The average Bonchev–Trinajstić information content (AvgIpc) is 3.34. The van der Waals surface area contributed by atoms with Crippen molar-refractivity contribution < 1.29 is 13.5 Å². The fourth-order valence-electron chi connectivity index (χ4n) is 3.53. The zero-order valence-electron chi connectivity index (χ0n) is 18.4. The van der Waals surface area contributed by atoms with Crippen LogP contribution in [0.2, 0.25) is 0 Å². The van der Waals surface area contributed by atoms with Gasteiger partial charge in [0, 0.05) is 26.2 Å². The number of aliphatic hydroxyl groups excluding tert-OH is 1. The molecule has 0 bridgehead atoms. The second-order valence-electron chi connectivity index (χ2n) is 7.59. The van der Waals surface area contributed by atoms with E-state index in [0.29, 0.717) is 43.5 Å². The highest BCUT2D eigenvalue weighted by Gasteiger charge is 2.26. The predicted octanol–water partition coefficient (Wildman–Crippen LogP) is 3.27. The number of aliphatic hydroxyl groups is 1. The Bertz CT molecular complexity index is 947. The maximum Gasteiger partial charge on any atom is 0.243 e. The molecule has 1 saturated heterocycles. The lowest BCUT2D eigenvalue weighted by Crippen LogP contribution is -2.38. The molecule has 2 aromatic rings. The van der Waals surface area contributed by atoms with Crippen LogP contribution in [0.3, 0.4) is 0 Å². The third kappa shape index (κ3) is 7.43. The number of aliphatic imine (C=N–C) groups is 1. The molecule has 1 aliphatic heterocycles. The smallest absolute Gasteiger partial charge is 0.243 e. The monoisotopic (exact) mass is 572 g/mol. The third-order valence-electron chi connectivity index (χ3n) is 5.28. The van der Waals surface area contributed by atoms with Crippen LogP contribution in [0.15, 0.2) is 64.5 Å².